The molecule has 0 N–H and O–H groups in total. The average Bonchev–Trinajstić information content (AvgIpc) is 3.01. The van der Waals surface area contributed by atoms with Gasteiger partial charge in [0.2, 0.25) is 0 Å². The van der Waals surface area contributed by atoms with Crippen LogP contribution < -0.4 is 4.57 Å². The molecule has 0 aliphatic carbocycles. The highest BCUT2D eigenvalue weighted by atomic mass is 15.2. The highest BCUT2D eigenvalue weighted by Gasteiger charge is 2.21. The van der Waals surface area contributed by atoms with Gasteiger partial charge < -0.3 is 0 Å². The molecule has 0 fully saturated rings. The van der Waals surface area contributed by atoms with Crippen LogP contribution in [0, 0.1) is 12.3 Å². The lowest BCUT2D eigenvalue weighted by Gasteiger charge is -2.11. The monoisotopic (exact) mass is 345 g/mol. The third-order valence-corrected chi connectivity index (χ3v) is 5.39. The van der Waals surface area contributed by atoms with E-state index in [1.165, 1.54) is 82.9 Å². The van der Waals surface area contributed by atoms with Crippen LogP contribution in [0.25, 0.3) is 0 Å². The van der Waals surface area contributed by atoms with Crippen LogP contribution >= 0.6 is 0 Å². The van der Waals surface area contributed by atoms with Crippen LogP contribution in [0.2, 0.25) is 0 Å². The van der Waals surface area contributed by atoms with Gasteiger partial charge in [0.05, 0.1) is 6.54 Å². The number of hydrogen-bond donors (Lipinski definition) is 0. The fourth-order valence-corrected chi connectivity index (χ4v) is 3.74. The van der Waals surface area contributed by atoms with Crippen LogP contribution in [0.4, 0.5) is 0 Å². The summed E-state index contributed by atoms with van der Waals surface area (Å²) >= 11 is 0. The Bertz CT molecular complexity index is 477. The Kier molecular flexibility index (Phi) is 12.2. The number of rotatable bonds is 15. The average molecular weight is 346 g/mol. The van der Waals surface area contributed by atoms with E-state index in [4.69, 9.17) is 6.42 Å². The predicted molar refractivity (Wildman–Crippen MR) is 109 cm³/mol. The summed E-state index contributed by atoms with van der Waals surface area (Å²) in [4.78, 5) is 0. The molecule has 0 aromatic carbocycles. The number of nitrogens with zero attached hydrogens (tertiary/aromatic N) is 2. The Balaban J connectivity index is 2.29. The largest absolute Gasteiger partial charge is 0.268 e. The zero-order chi connectivity index (χ0) is 18.3. The highest BCUT2D eigenvalue weighted by molar-refractivity contribution is 4.99. The molecule has 1 rings (SSSR count). The van der Waals surface area contributed by atoms with Crippen molar-refractivity contribution in [1.29, 1.82) is 0 Å². The van der Waals surface area contributed by atoms with Gasteiger partial charge in [0.25, 0.3) is 5.82 Å². The molecule has 0 aliphatic heterocycles. The van der Waals surface area contributed by atoms with E-state index in [1.807, 2.05) is 0 Å². The second kappa shape index (κ2) is 14.0. The molecule has 25 heavy (non-hydrogen) atoms. The molecule has 0 atom stereocenters. The molecule has 0 saturated carbocycles. The second-order valence-electron chi connectivity index (χ2n) is 7.35. The number of imidazole rings is 1. The van der Waals surface area contributed by atoms with Gasteiger partial charge in [-0.3, -0.25) is 0 Å². The maximum Gasteiger partial charge on any atom is 0.268 e. The minimum atomic E-state index is 0.581. The van der Waals surface area contributed by atoms with E-state index in [2.05, 4.69) is 48.2 Å². The molecule has 1 heterocycles. The van der Waals surface area contributed by atoms with E-state index >= 15 is 0 Å². The summed E-state index contributed by atoms with van der Waals surface area (Å²) < 4.78 is 4.80. The van der Waals surface area contributed by atoms with Crippen molar-refractivity contribution in [3.8, 4) is 12.3 Å². The van der Waals surface area contributed by atoms with Gasteiger partial charge in [0, 0.05) is 0 Å². The summed E-state index contributed by atoms with van der Waals surface area (Å²) in [7, 11) is 0. The molecule has 0 bridgehead atoms. The number of terminal acetylenes is 1. The smallest absolute Gasteiger partial charge is 0.233 e. The molecule has 0 unspecified atom stereocenters. The zero-order valence-corrected chi connectivity index (χ0v) is 17.1. The second-order valence-corrected chi connectivity index (χ2v) is 7.35. The summed E-state index contributed by atoms with van der Waals surface area (Å²) in [5.74, 6) is 4.16. The van der Waals surface area contributed by atoms with Gasteiger partial charge in [0.1, 0.15) is 24.9 Å². The summed E-state index contributed by atoms with van der Waals surface area (Å²) in [5.41, 5.74) is 0. The lowest BCUT2D eigenvalue weighted by molar-refractivity contribution is -0.703. The molecule has 0 amide bonds. The van der Waals surface area contributed by atoms with Crippen molar-refractivity contribution in [1.82, 2.24) is 4.57 Å². The Morgan fingerprint density at radius 3 is 2.00 bits per heavy atom. The number of aromatic nitrogens is 2. The Labute approximate surface area is 157 Å². The van der Waals surface area contributed by atoms with Crippen LogP contribution in [-0.4, -0.2) is 4.57 Å². The molecule has 1 aromatic heterocycles. The van der Waals surface area contributed by atoms with E-state index in [-0.39, 0.29) is 0 Å². The van der Waals surface area contributed by atoms with E-state index in [0.29, 0.717) is 6.04 Å². The van der Waals surface area contributed by atoms with Crippen molar-refractivity contribution < 1.29 is 4.57 Å². The molecule has 2 heteroatoms. The van der Waals surface area contributed by atoms with Crippen LogP contribution in [0.1, 0.15) is 110 Å². The van der Waals surface area contributed by atoms with Crippen molar-refractivity contribution in [2.24, 2.45) is 0 Å². The minimum absolute atomic E-state index is 0.581. The fourth-order valence-electron chi connectivity index (χ4n) is 3.74. The molecular formula is C23H41N2+. The molecule has 0 spiro atoms. The van der Waals surface area contributed by atoms with Gasteiger partial charge in [-0.25, -0.2) is 9.13 Å². The maximum atomic E-state index is 5.62. The molecule has 0 radical (unpaired) electrons. The predicted octanol–water partition coefficient (Wildman–Crippen LogP) is 6.23. The molecule has 0 saturated heterocycles. The van der Waals surface area contributed by atoms with Gasteiger partial charge in [-0.15, -0.1) is 6.42 Å². The number of unbranched alkanes of at least 4 members (excludes halogenated alkanes) is 9. The normalized spacial score (nSPS) is 11.2. The third kappa shape index (κ3) is 8.13. The fraction of sp³-hybridized carbons (Fsp3) is 0.783. The van der Waals surface area contributed by atoms with Gasteiger partial charge in [-0.1, -0.05) is 78.1 Å². The summed E-state index contributed by atoms with van der Waals surface area (Å²) in [5, 5.41) is 0. The quantitative estimate of drug-likeness (QED) is 0.202. The van der Waals surface area contributed by atoms with E-state index in [0.717, 1.165) is 13.0 Å². The summed E-state index contributed by atoms with van der Waals surface area (Å²) in [6, 6.07) is 0.581. The standard InChI is InChI=1S/C23H41N2/c1-5-9-10-11-12-13-14-15-16-17-19-24-20-21-25(22(7-3)8-4)23(24)18-6-2/h2,20-22H,5,7-19H2,1,3-4H3/q+1. The topological polar surface area (TPSA) is 8.81 Å². The number of aryl methyl sites for hydroxylation is 1. The van der Waals surface area contributed by atoms with Crippen LogP contribution in [-0.2, 0) is 13.0 Å². The van der Waals surface area contributed by atoms with E-state index < -0.39 is 0 Å². The lowest BCUT2D eigenvalue weighted by atomic mass is 10.1. The van der Waals surface area contributed by atoms with Gasteiger partial charge in [0.15, 0.2) is 0 Å². The van der Waals surface area contributed by atoms with Crippen molar-refractivity contribution in [2.45, 2.75) is 117 Å². The van der Waals surface area contributed by atoms with Crippen molar-refractivity contribution in [3.63, 3.8) is 0 Å². The van der Waals surface area contributed by atoms with E-state index in [1.54, 1.807) is 0 Å². The number of hydrogen-bond acceptors (Lipinski definition) is 0. The molecule has 0 aliphatic rings. The Morgan fingerprint density at radius 1 is 0.920 bits per heavy atom. The van der Waals surface area contributed by atoms with Crippen LogP contribution in [0.3, 0.4) is 0 Å². The van der Waals surface area contributed by atoms with Crippen molar-refractivity contribution >= 4 is 0 Å². The summed E-state index contributed by atoms with van der Waals surface area (Å²) in [6.07, 6.45) is 27.0. The zero-order valence-electron chi connectivity index (χ0n) is 17.1. The molecule has 1 aromatic rings. The van der Waals surface area contributed by atoms with Crippen molar-refractivity contribution in [3.05, 3.63) is 18.2 Å². The first kappa shape index (κ1) is 21.8. The Hall–Kier alpha value is -1.23. The minimum Gasteiger partial charge on any atom is -0.233 e. The highest BCUT2D eigenvalue weighted by Crippen LogP contribution is 2.17. The SMILES string of the molecule is C#CCc1n(C(CC)CC)cc[n+]1CCCCCCCCCCCC. The van der Waals surface area contributed by atoms with Crippen molar-refractivity contribution in [2.75, 3.05) is 0 Å². The first-order valence-electron chi connectivity index (χ1n) is 10.8. The van der Waals surface area contributed by atoms with E-state index in [9.17, 15) is 0 Å². The molecular weight excluding hydrogens is 304 g/mol. The van der Waals surface area contributed by atoms with Crippen LogP contribution in [0.15, 0.2) is 12.4 Å². The first-order valence-corrected chi connectivity index (χ1v) is 10.8. The Morgan fingerprint density at radius 2 is 1.48 bits per heavy atom. The lowest BCUT2D eigenvalue weighted by Crippen LogP contribution is -2.37. The van der Waals surface area contributed by atoms with Gasteiger partial charge >= 0.3 is 0 Å². The maximum absolute atomic E-state index is 5.62. The van der Waals surface area contributed by atoms with Crippen LogP contribution in [0.5, 0.6) is 0 Å². The van der Waals surface area contributed by atoms with Gasteiger partial charge in [-0.05, 0) is 25.7 Å². The van der Waals surface area contributed by atoms with Gasteiger partial charge in [-0.2, -0.15) is 0 Å². The molecule has 2 nitrogen and oxygen atoms in total. The first-order chi connectivity index (χ1) is 12.3. The molecule has 142 valence electrons. The summed E-state index contributed by atoms with van der Waals surface area (Å²) in [6.45, 7) is 7.92. The third-order valence-electron chi connectivity index (χ3n) is 5.39.